The highest BCUT2D eigenvalue weighted by molar-refractivity contribution is 9.10. The van der Waals surface area contributed by atoms with Crippen LogP contribution in [0.1, 0.15) is 34.0 Å². The van der Waals surface area contributed by atoms with Crippen molar-refractivity contribution in [2.45, 2.75) is 18.8 Å². The van der Waals surface area contributed by atoms with Crippen molar-refractivity contribution >= 4 is 68.1 Å². The van der Waals surface area contributed by atoms with Gasteiger partial charge in [-0.1, -0.05) is 45.2 Å². The number of carbonyl (C=O) groups is 1. The van der Waals surface area contributed by atoms with E-state index in [4.69, 9.17) is 23.2 Å². The van der Waals surface area contributed by atoms with Crippen LogP contribution in [0.4, 0.5) is 0 Å². The Labute approximate surface area is 183 Å². The van der Waals surface area contributed by atoms with Crippen molar-refractivity contribution in [3.05, 3.63) is 55.4 Å². The molecule has 27 heavy (non-hydrogen) atoms. The predicted octanol–water partition coefficient (Wildman–Crippen LogP) is 6.36. The van der Waals surface area contributed by atoms with Crippen molar-refractivity contribution in [3.8, 4) is 10.6 Å². The van der Waals surface area contributed by atoms with Crippen molar-refractivity contribution in [1.82, 2.24) is 13.6 Å². The van der Waals surface area contributed by atoms with Crippen LogP contribution in [-0.2, 0) is 0 Å². The minimum absolute atomic E-state index is 0.0887. The van der Waals surface area contributed by atoms with Gasteiger partial charge in [0.05, 0.1) is 15.6 Å². The molecule has 0 unspecified atom stereocenters. The average Bonchev–Trinajstić information content (AvgIpc) is 3.29. The van der Waals surface area contributed by atoms with Gasteiger partial charge in [-0.2, -0.15) is 8.75 Å². The van der Waals surface area contributed by atoms with Crippen LogP contribution in [0.25, 0.3) is 10.6 Å². The number of aromatic nitrogens is 2. The maximum atomic E-state index is 12.7. The van der Waals surface area contributed by atoms with E-state index >= 15 is 0 Å². The van der Waals surface area contributed by atoms with E-state index < -0.39 is 0 Å². The van der Waals surface area contributed by atoms with Crippen LogP contribution < -0.4 is 0 Å². The maximum Gasteiger partial charge on any atom is 0.253 e. The number of amides is 1. The molecule has 1 saturated heterocycles. The monoisotopic (exact) mass is 501 g/mol. The molecule has 1 amide bonds. The number of nitrogens with zero attached hydrogens (tertiary/aromatic N) is 3. The van der Waals surface area contributed by atoms with Crippen molar-refractivity contribution in [2.24, 2.45) is 0 Å². The first-order valence-electron chi connectivity index (χ1n) is 8.35. The molecule has 9 heteroatoms. The van der Waals surface area contributed by atoms with Crippen LogP contribution in [-0.4, -0.2) is 32.6 Å². The third-order valence-electron chi connectivity index (χ3n) is 4.61. The Kier molecular flexibility index (Phi) is 5.85. The lowest BCUT2D eigenvalue weighted by Crippen LogP contribution is -2.37. The van der Waals surface area contributed by atoms with Crippen LogP contribution in [0, 0.1) is 0 Å². The Hall–Kier alpha value is -0.990. The van der Waals surface area contributed by atoms with Crippen LogP contribution in [0.3, 0.4) is 0 Å². The Bertz CT molecular complexity index is 983. The lowest BCUT2D eigenvalue weighted by atomic mass is 9.94. The Morgan fingerprint density at radius 1 is 1.15 bits per heavy atom. The molecule has 0 bridgehead atoms. The first-order chi connectivity index (χ1) is 13.0. The lowest BCUT2D eigenvalue weighted by molar-refractivity contribution is 0.0713. The summed E-state index contributed by atoms with van der Waals surface area (Å²) in [5.41, 5.74) is 1.55. The van der Waals surface area contributed by atoms with E-state index in [0.717, 1.165) is 46.5 Å². The van der Waals surface area contributed by atoms with Gasteiger partial charge in [0.15, 0.2) is 5.15 Å². The van der Waals surface area contributed by atoms with Gasteiger partial charge in [-0.05, 0) is 66.1 Å². The molecule has 140 valence electrons. The number of hydrogen-bond acceptors (Lipinski definition) is 5. The quantitative estimate of drug-likeness (QED) is 0.418. The van der Waals surface area contributed by atoms with Gasteiger partial charge in [-0.15, -0.1) is 0 Å². The molecule has 3 aromatic rings. The van der Waals surface area contributed by atoms with Crippen LogP contribution in [0.2, 0.25) is 10.2 Å². The predicted molar refractivity (Wildman–Crippen MR) is 115 cm³/mol. The normalized spacial score (nSPS) is 15.3. The molecule has 0 radical (unpaired) electrons. The van der Waals surface area contributed by atoms with Crippen molar-refractivity contribution < 1.29 is 4.79 Å². The van der Waals surface area contributed by atoms with E-state index in [1.807, 2.05) is 29.2 Å². The third-order valence-corrected chi connectivity index (χ3v) is 7.88. The van der Waals surface area contributed by atoms with Gasteiger partial charge in [-0.25, -0.2) is 0 Å². The Morgan fingerprint density at radius 3 is 2.59 bits per heavy atom. The second-order valence-corrected chi connectivity index (χ2v) is 9.57. The summed E-state index contributed by atoms with van der Waals surface area (Å²) in [5, 5.41) is 0.790. The van der Waals surface area contributed by atoms with Crippen LogP contribution >= 0.6 is 62.2 Å². The molecule has 1 fully saturated rings. The van der Waals surface area contributed by atoms with Crippen molar-refractivity contribution in [1.29, 1.82) is 0 Å². The number of benzene rings is 1. The van der Waals surface area contributed by atoms with E-state index in [0.29, 0.717) is 16.1 Å². The molecule has 0 aliphatic carbocycles. The SMILES string of the molecule is O=C(c1cccc(Br)c1)N1CCC(c2cc(-c3snc(Cl)c3Cl)ns2)CC1. The molecule has 1 aromatic carbocycles. The molecule has 4 rings (SSSR count). The number of halogens is 3. The summed E-state index contributed by atoms with van der Waals surface area (Å²) in [6.07, 6.45) is 1.86. The summed E-state index contributed by atoms with van der Waals surface area (Å²) in [6, 6.07) is 9.62. The summed E-state index contributed by atoms with van der Waals surface area (Å²) in [7, 11) is 0. The Morgan fingerprint density at radius 2 is 1.93 bits per heavy atom. The zero-order chi connectivity index (χ0) is 19.0. The average molecular weight is 503 g/mol. The third kappa shape index (κ3) is 4.07. The fraction of sp³-hybridized carbons (Fsp3) is 0.278. The summed E-state index contributed by atoms with van der Waals surface area (Å²) < 4.78 is 9.52. The summed E-state index contributed by atoms with van der Waals surface area (Å²) in [5.74, 6) is 0.496. The molecule has 0 N–H and O–H groups in total. The number of piperidine rings is 1. The topological polar surface area (TPSA) is 46.1 Å². The van der Waals surface area contributed by atoms with Gasteiger partial charge in [0.2, 0.25) is 0 Å². The second-order valence-electron chi connectivity index (χ2n) is 6.31. The molecule has 1 aliphatic rings. The molecule has 2 aromatic heterocycles. The standard InChI is InChI=1S/C18H14BrCl2N3OS2/c19-12-3-1-2-11(8-12)18(25)24-6-4-10(5-7-24)14-9-13(22-26-14)16-15(20)17(21)23-27-16/h1-3,8-10H,4-7H2. The minimum Gasteiger partial charge on any atom is -0.339 e. The maximum absolute atomic E-state index is 12.7. The van der Waals surface area contributed by atoms with Crippen molar-refractivity contribution in [2.75, 3.05) is 13.1 Å². The first kappa shape index (κ1) is 19.3. The molecule has 3 heterocycles. The molecule has 0 saturated carbocycles. The molecule has 0 spiro atoms. The summed E-state index contributed by atoms with van der Waals surface area (Å²) in [6.45, 7) is 1.49. The van der Waals surface area contributed by atoms with E-state index in [1.54, 1.807) is 0 Å². The van der Waals surface area contributed by atoms with Gasteiger partial charge in [0.25, 0.3) is 5.91 Å². The van der Waals surface area contributed by atoms with E-state index in [-0.39, 0.29) is 5.91 Å². The highest BCUT2D eigenvalue weighted by Gasteiger charge is 2.26. The highest BCUT2D eigenvalue weighted by atomic mass is 79.9. The van der Waals surface area contributed by atoms with Crippen molar-refractivity contribution in [3.63, 3.8) is 0 Å². The molecule has 0 atom stereocenters. The van der Waals surface area contributed by atoms with E-state index in [1.165, 1.54) is 27.9 Å². The lowest BCUT2D eigenvalue weighted by Gasteiger charge is -2.31. The van der Waals surface area contributed by atoms with Gasteiger partial charge < -0.3 is 4.90 Å². The molecular weight excluding hydrogens is 489 g/mol. The second kappa shape index (κ2) is 8.17. The van der Waals surface area contributed by atoms with Gasteiger partial charge >= 0.3 is 0 Å². The number of likely N-dealkylation sites (tertiary alicyclic amines) is 1. The summed E-state index contributed by atoms with van der Waals surface area (Å²) in [4.78, 5) is 16.7. The highest BCUT2D eigenvalue weighted by Crippen LogP contribution is 2.40. The Balaban J connectivity index is 1.42. The van der Waals surface area contributed by atoms with Gasteiger partial charge in [0, 0.05) is 28.0 Å². The zero-order valence-corrected chi connectivity index (χ0v) is 18.7. The van der Waals surface area contributed by atoms with E-state index in [9.17, 15) is 4.79 Å². The van der Waals surface area contributed by atoms with E-state index in [2.05, 4.69) is 30.7 Å². The number of rotatable bonds is 3. The fourth-order valence-electron chi connectivity index (χ4n) is 3.18. The van der Waals surface area contributed by atoms with Crippen LogP contribution in [0.15, 0.2) is 34.8 Å². The molecule has 1 aliphatic heterocycles. The van der Waals surface area contributed by atoms with Gasteiger partial charge in [0.1, 0.15) is 0 Å². The number of carbonyl (C=O) groups excluding carboxylic acids is 1. The largest absolute Gasteiger partial charge is 0.339 e. The smallest absolute Gasteiger partial charge is 0.253 e. The zero-order valence-electron chi connectivity index (χ0n) is 14.0. The minimum atomic E-state index is 0.0887. The first-order valence-corrected chi connectivity index (χ1v) is 11.4. The fourth-order valence-corrected chi connectivity index (χ4v) is 5.72. The van der Waals surface area contributed by atoms with Gasteiger partial charge in [-0.3, -0.25) is 4.79 Å². The molecule has 4 nitrogen and oxygen atoms in total. The van der Waals surface area contributed by atoms with Crippen LogP contribution in [0.5, 0.6) is 0 Å². The summed E-state index contributed by atoms with van der Waals surface area (Å²) >= 11 is 18.3. The number of hydrogen-bond donors (Lipinski definition) is 0. The molecular formula is C18H14BrCl2N3OS2.